The Balaban J connectivity index is 2.31. The van der Waals surface area contributed by atoms with E-state index in [2.05, 4.69) is 0 Å². The lowest BCUT2D eigenvalue weighted by molar-refractivity contribution is 0.0696. The van der Waals surface area contributed by atoms with Crippen LogP contribution in [0, 0.1) is 5.82 Å². The van der Waals surface area contributed by atoms with E-state index < -0.39 is 11.8 Å². The molecule has 0 amide bonds. The van der Waals surface area contributed by atoms with E-state index in [-0.39, 0.29) is 11.3 Å². The second-order valence-electron chi connectivity index (χ2n) is 3.70. The van der Waals surface area contributed by atoms with Crippen LogP contribution in [0.4, 0.5) is 4.39 Å². The van der Waals surface area contributed by atoms with Crippen molar-refractivity contribution in [2.75, 3.05) is 6.26 Å². The summed E-state index contributed by atoms with van der Waals surface area (Å²) >= 11 is 1.49. The normalized spacial score (nSPS) is 10.2. The first kappa shape index (κ1) is 13.4. The van der Waals surface area contributed by atoms with Crippen LogP contribution < -0.4 is 4.74 Å². The van der Waals surface area contributed by atoms with Gasteiger partial charge >= 0.3 is 5.97 Å². The van der Waals surface area contributed by atoms with E-state index in [0.717, 1.165) is 11.0 Å². The van der Waals surface area contributed by atoms with Crippen LogP contribution in [-0.2, 0) is 0 Å². The van der Waals surface area contributed by atoms with Gasteiger partial charge in [0.05, 0.1) is 5.56 Å². The molecular weight excluding hydrogens is 267 g/mol. The highest BCUT2D eigenvalue weighted by Crippen LogP contribution is 2.32. The van der Waals surface area contributed by atoms with Crippen LogP contribution >= 0.6 is 11.8 Å². The second-order valence-corrected chi connectivity index (χ2v) is 4.55. The summed E-state index contributed by atoms with van der Waals surface area (Å²) in [6.45, 7) is 0. The predicted octanol–water partition coefficient (Wildman–Crippen LogP) is 4.04. The smallest absolute Gasteiger partial charge is 0.335 e. The van der Waals surface area contributed by atoms with Gasteiger partial charge < -0.3 is 9.84 Å². The van der Waals surface area contributed by atoms with Gasteiger partial charge in [-0.15, -0.1) is 11.8 Å². The summed E-state index contributed by atoms with van der Waals surface area (Å²) < 4.78 is 19.2. The Morgan fingerprint density at radius 1 is 1.21 bits per heavy atom. The number of benzene rings is 2. The van der Waals surface area contributed by atoms with Gasteiger partial charge in [-0.2, -0.15) is 0 Å². The van der Waals surface area contributed by atoms with Crippen LogP contribution in [-0.4, -0.2) is 17.3 Å². The van der Waals surface area contributed by atoms with Crippen molar-refractivity contribution in [2.24, 2.45) is 0 Å². The van der Waals surface area contributed by atoms with Crippen molar-refractivity contribution in [3.8, 4) is 11.5 Å². The minimum Gasteiger partial charge on any atom is -0.478 e. The second kappa shape index (κ2) is 5.75. The van der Waals surface area contributed by atoms with Crippen LogP contribution in [0.5, 0.6) is 11.5 Å². The lowest BCUT2D eigenvalue weighted by Crippen LogP contribution is -1.98. The summed E-state index contributed by atoms with van der Waals surface area (Å²) in [5.41, 5.74) is -0.108. The molecular formula is C14H11FO3S. The molecule has 3 nitrogen and oxygen atoms in total. The number of carboxylic acid groups (broad SMARTS) is 1. The van der Waals surface area contributed by atoms with Crippen LogP contribution in [0.15, 0.2) is 47.4 Å². The zero-order chi connectivity index (χ0) is 13.8. The fourth-order valence-electron chi connectivity index (χ4n) is 1.54. The lowest BCUT2D eigenvalue weighted by atomic mass is 10.2. The van der Waals surface area contributed by atoms with Gasteiger partial charge in [0.25, 0.3) is 0 Å². The van der Waals surface area contributed by atoms with Gasteiger partial charge in [0.2, 0.25) is 0 Å². The Morgan fingerprint density at radius 3 is 2.58 bits per heavy atom. The highest BCUT2D eigenvalue weighted by molar-refractivity contribution is 7.98. The fourth-order valence-corrected chi connectivity index (χ4v) is 2.06. The molecule has 0 radical (unpaired) electrons. The standard InChI is InChI=1S/C14H11FO3S/c1-19-13-5-3-2-4-12(13)18-11-7-6-9(14(16)17)8-10(11)15/h2-8H,1H3,(H,16,17). The molecule has 0 aromatic heterocycles. The SMILES string of the molecule is CSc1ccccc1Oc1ccc(C(=O)O)cc1F. The number of carboxylic acids is 1. The molecule has 0 unspecified atom stereocenters. The summed E-state index contributed by atoms with van der Waals surface area (Å²) in [5.74, 6) is -1.32. The largest absolute Gasteiger partial charge is 0.478 e. The first-order valence-corrected chi connectivity index (χ1v) is 6.68. The monoisotopic (exact) mass is 278 g/mol. The van der Waals surface area contributed by atoms with Crippen molar-refractivity contribution < 1.29 is 19.0 Å². The van der Waals surface area contributed by atoms with Crippen molar-refractivity contribution >= 4 is 17.7 Å². The van der Waals surface area contributed by atoms with Gasteiger partial charge in [-0.3, -0.25) is 0 Å². The number of para-hydroxylation sites is 1. The van der Waals surface area contributed by atoms with Crippen LogP contribution in [0.25, 0.3) is 0 Å². The highest BCUT2D eigenvalue weighted by atomic mass is 32.2. The molecule has 1 N–H and O–H groups in total. The molecule has 98 valence electrons. The van der Waals surface area contributed by atoms with E-state index in [1.54, 1.807) is 12.1 Å². The van der Waals surface area contributed by atoms with Crippen LogP contribution in [0.2, 0.25) is 0 Å². The summed E-state index contributed by atoms with van der Waals surface area (Å²) in [5, 5.41) is 8.76. The Morgan fingerprint density at radius 2 is 1.95 bits per heavy atom. The van der Waals surface area contributed by atoms with Crippen molar-refractivity contribution in [3.63, 3.8) is 0 Å². The maximum atomic E-state index is 13.7. The number of ether oxygens (including phenoxy) is 1. The number of hydrogen-bond acceptors (Lipinski definition) is 3. The van der Waals surface area contributed by atoms with Crippen LogP contribution in [0.3, 0.4) is 0 Å². The topological polar surface area (TPSA) is 46.5 Å². The zero-order valence-corrected chi connectivity index (χ0v) is 10.9. The van der Waals surface area contributed by atoms with E-state index in [0.29, 0.717) is 5.75 Å². The third-order valence-corrected chi connectivity index (χ3v) is 3.24. The van der Waals surface area contributed by atoms with E-state index >= 15 is 0 Å². The third-order valence-electron chi connectivity index (χ3n) is 2.47. The fraction of sp³-hybridized carbons (Fsp3) is 0.0714. The van der Waals surface area contributed by atoms with Gasteiger partial charge in [-0.05, 0) is 36.6 Å². The number of halogens is 1. The van der Waals surface area contributed by atoms with E-state index in [1.807, 2.05) is 18.4 Å². The van der Waals surface area contributed by atoms with Crippen molar-refractivity contribution in [2.45, 2.75) is 4.90 Å². The van der Waals surface area contributed by atoms with Crippen molar-refractivity contribution in [1.29, 1.82) is 0 Å². The lowest BCUT2D eigenvalue weighted by Gasteiger charge is -2.10. The average Bonchev–Trinajstić information content (AvgIpc) is 2.41. The molecule has 19 heavy (non-hydrogen) atoms. The quantitative estimate of drug-likeness (QED) is 0.857. The Hall–Kier alpha value is -2.01. The summed E-state index contributed by atoms with van der Waals surface area (Å²) in [6.07, 6.45) is 1.89. The third kappa shape index (κ3) is 3.06. The van der Waals surface area contributed by atoms with Gasteiger partial charge in [0.15, 0.2) is 11.6 Å². The number of rotatable bonds is 4. The molecule has 0 atom stereocenters. The first-order chi connectivity index (χ1) is 9.11. The van der Waals surface area contributed by atoms with E-state index in [1.165, 1.54) is 23.9 Å². The molecule has 5 heteroatoms. The van der Waals surface area contributed by atoms with Crippen molar-refractivity contribution in [3.05, 3.63) is 53.8 Å². The van der Waals surface area contributed by atoms with E-state index in [9.17, 15) is 9.18 Å². The minimum absolute atomic E-state index is 0.00602. The molecule has 0 bridgehead atoms. The summed E-state index contributed by atoms with van der Waals surface area (Å²) in [6, 6.07) is 10.8. The summed E-state index contributed by atoms with van der Waals surface area (Å²) in [4.78, 5) is 11.6. The van der Waals surface area contributed by atoms with Gasteiger partial charge in [-0.25, -0.2) is 9.18 Å². The molecule has 0 saturated heterocycles. The molecule has 0 saturated carbocycles. The van der Waals surface area contributed by atoms with Crippen molar-refractivity contribution in [1.82, 2.24) is 0 Å². The molecule has 2 rings (SSSR count). The molecule has 0 aliphatic rings. The van der Waals surface area contributed by atoms with Crippen LogP contribution in [0.1, 0.15) is 10.4 Å². The Kier molecular flexibility index (Phi) is 4.06. The molecule has 0 spiro atoms. The predicted molar refractivity (Wildman–Crippen MR) is 71.7 cm³/mol. The number of thioether (sulfide) groups is 1. The Labute approximate surface area is 114 Å². The van der Waals surface area contributed by atoms with E-state index in [4.69, 9.17) is 9.84 Å². The number of aromatic carboxylic acids is 1. The molecule has 0 fully saturated rings. The molecule has 2 aromatic carbocycles. The minimum atomic E-state index is -1.17. The Bertz CT molecular complexity index is 613. The summed E-state index contributed by atoms with van der Waals surface area (Å²) in [7, 11) is 0. The average molecular weight is 278 g/mol. The molecule has 0 aliphatic carbocycles. The zero-order valence-electron chi connectivity index (χ0n) is 10.1. The van der Waals surface area contributed by atoms with Gasteiger partial charge in [-0.1, -0.05) is 12.1 Å². The molecule has 2 aromatic rings. The number of hydrogen-bond donors (Lipinski definition) is 1. The molecule has 0 heterocycles. The first-order valence-electron chi connectivity index (χ1n) is 5.45. The maximum Gasteiger partial charge on any atom is 0.335 e. The molecule has 0 aliphatic heterocycles. The van der Waals surface area contributed by atoms with Gasteiger partial charge in [0, 0.05) is 4.90 Å². The maximum absolute atomic E-state index is 13.7. The highest BCUT2D eigenvalue weighted by Gasteiger charge is 2.11. The van der Waals surface area contributed by atoms with Gasteiger partial charge in [0.1, 0.15) is 5.75 Å². The number of carbonyl (C=O) groups is 1.